The van der Waals surface area contributed by atoms with Crippen molar-refractivity contribution in [3.05, 3.63) is 78.1 Å². The zero-order valence-corrected chi connectivity index (χ0v) is 17.3. The van der Waals surface area contributed by atoms with Crippen molar-refractivity contribution in [2.24, 2.45) is 0 Å². The number of pyridine rings is 1. The molecule has 0 fully saturated rings. The van der Waals surface area contributed by atoms with E-state index in [1.165, 1.54) is 5.56 Å². The van der Waals surface area contributed by atoms with Crippen LogP contribution in [0.15, 0.2) is 67.0 Å². The second kappa shape index (κ2) is 8.78. The smallest absolute Gasteiger partial charge is 0.257 e. The number of ether oxygens (including phenoxy) is 1. The van der Waals surface area contributed by atoms with Gasteiger partial charge in [-0.1, -0.05) is 32.9 Å². The van der Waals surface area contributed by atoms with Crippen LogP contribution in [0.1, 0.15) is 43.6 Å². The number of rotatable bonds is 6. The Hall–Kier alpha value is -3.34. The monoisotopic (exact) mass is 389 g/mol. The Labute approximate surface area is 172 Å². The minimum atomic E-state index is -0.214. The molecule has 0 radical (unpaired) electrons. The van der Waals surface area contributed by atoms with Crippen molar-refractivity contribution in [3.63, 3.8) is 0 Å². The topological polar surface area (TPSA) is 63.2 Å². The van der Waals surface area contributed by atoms with E-state index in [1.54, 1.807) is 18.5 Å². The van der Waals surface area contributed by atoms with Gasteiger partial charge in [0.15, 0.2) is 0 Å². The van der Waals surface area contributed by atoms with Crippen molar-refractivity contribution in [3.8, 4) is 5.75 Å². The van der Waals surface area contributed by atoms with Crippen LogP contribution in [-0.4, -0.2) is 17.5 Å². The van der Waals surface area contributed by atoms with E-state index in [1.807, 2.05) is 43.3 Å². The van der Waals surface area contributed by atoms with Gasteiger partial charge in [-0.25, -0.2) is 0 Å². The summed E-state index contributed by atoms with van der Waals surface area (Å²) in [5.41, 5.74) is 4.27. The maximum atomic E-state index is 12.6. The SMILES string of the molecule is CCOc1ccc(NC(=O)c2cncc(Nc3ccc(C(C)(C)C)cc3)c2)cc1. The predicted molar refractivity (Wildman–Crippen MR) is 118 cm³/mol. The number of hydrogen-bond donors (Lipinski definition) is 2. The number of anilines is 3. The van der Waals surface area contributed by atoms with Gasteiger partial charge in [0.1, 0.15) is 5.75 Å². The number of nitrogens with zero attached hydrogens (tertiary/aromatic N) is 1. The molecule has 3 rings (SSSR count). The first kappa shape index (κ1) is 20.4. The van der Waals surface area contributed by atoms with E-state index in [0.717, 1.165) is 17.1 Å². The molecule has 0 unspecified atom stereocenters. The molecule has 1 amide bonds. The first-order valence-corrected chi connectivity index (χ1v) is 9.72. The molecule has 1 aromatic heterocycles. The molecule has 0 spiro atoms. The van der Waals surface area contributed by atoms with Crippen LogP contribution in [0.5, 0.6) is 5.75 Å². The summed E-state index contributed by atoms with van der Waals surface area (Å²) in [5.74, 6) is 0.559. The molecule has 2 N–H and O–H groups in total. The molecular formula is C24H27N3O2. The highest BCUT2D eigenvalue weighted by Gasteiger charge is 2.13. The van der Waals surface area contributed by atoms with Crippen molar-refractivity contribution in [1.29, 1.82) is 0 Å². The van der Waals surface area contributed by atoms with E-state index in [0.29, 0.717) is 17.9 Å². The highest BCUT2D eigenvalue weighted by atomic mass is 16.5. The summed E-state index contributed by atoms with van der Waals surface area (Å²) in [6.07, 6.45) is 3.25. The summed E-state index contributed by atoms with van der Waals surface area (Å²) < 4.78 is 5.42. The van der Waals surface area contributed by atoms with Gasteiger partial charge >= 0.3 is 0 Å². The molecule has 3 aromatic rings. The van der Waals surface area contributed by atoms with Gasteiger partial charge in [0, 0.05) is 17.6 Å². The van der Waals surface area contributed by atoms with E-state index >= 15 is 0 Å². The first-order valence-electron chi connectivity index (χ1n) is 9.72. The molecule has 0 aliphatic rings. The molecule has 0 atom stereocenters. The number of hydrogen-bond acceptors (Lipinski definition) is 4. The Kier molecular flexibility index (Phi) is 6.17. The third-order valence-electron chi connectivity index (χ3n) is 4.46. The molecule has 0 aliphatic heterocycles. The van der Waals surface area contributed by atoms with Gasteiger partial charge in [0.2, 0.25) is 0 Å². The van der Waals surface area contributed by atoms with Crippen LogP contribution in [0, 0.1) is 0 Å². The van der Waals surface area contributed by atoms with Crippen LogP contribution in [0.4, 0.5) is 17.1 Å². The summed E-state index contributed by atoms with van der Waals surface area (Å²) in [6, 6.07) is 17.4. The molecule has 0 bridgehead atoms. The van der Waals surface area contributed by atoms with E-state index < -0.39 is 0 Å². The third-order valence-corrected chi connectivity index (χ3v) is 4.46. The normalized spacial score (nSPS) is 11.0. The van der Waals surface area contributed by atoms with Crippen LogP contribution in [0.3, 0.4) is 0 Å². The number of carbonyl (C=O) groups is 1. The zero-order chi connectivity index (χ0) is 20.9. The second-order valence-electron chi connectivity index (χ2n) is 7.83. The van der Waals surface area contributed by atoms with E-state index in [-0.39, 0.29) is 11.3 Å². The quantitative estimate of drug-likeness (QED) is 0.561. The van der Waals surface area contributed by atoms with Gasteiger partial charge in [-0.2, -0.15) is 0 Å². The minimum Gasteiger partial charge on any atom is -0.494 e. The Morgan fingerprint density at radius 3 is 2.21 bits per heavy atom. The molecule has 29 heavy (non-hydrogen) atoms. The molecule has 0 saturated carbocycles. The molecule has 150 valence electrons. The van der Waals surface area contributed by atoms with Gasteiger partial charge in [0.05, 0.1) is 24.1 Å². The number of nitrogens with one attached hydrogen (secondary N) is 2. The average Bonchev–Trinajstić information content (AvgIpc) is 2.70. The lowest BCUT2D eigenvalue weighted by molar-refractivity contribution is 0.102. The molecule has 0 aliphatic carbocycles. The largest absolute Gasteiger partial charge is 0.494 e. The fourth-order valence-electron chi connectivity index (χ4n) is 2.86. The maximum Gasteiger partial charge on any atom is 0.257 e. The first-order chi connectivity index (χ1) is 13.8. The number of aromatic nitrogens is 1. The molecule has 2 aromatic carbocycles. The number of carbonyl (C=O) groups excluding carboxylic acids is 1. The predicted octanol–water partition coefficient (Wildman–Crippen LogP) is 5.77. The standard InChI is InChI=1S/C24H27N3O2/c1-5-29-22-12-10-20(11-13-22)27-23(28)17-14-21(16-25-15-17)26-19-8-6-18(7-9-19)24(2,3)4/h6-16,26H,5H2,1-4H3,(H,27,28). The van der Waals surface area contributed by atoms with Crippen molar-refractivity contribution in [2.75, 3.05) is 17.2 Å². The van der Waals surface area contributed by atoms with Crippen LogP contribution >= 0.6 is 0 Å². The van der Waals surface area contributed by atoms with Gasteiger partial charge in [0.25, 0.3) is 5.91 Å². The fraction of sp³-hybridized carbons (Fsp3) is 0.250. The summed E-state index contributed by atoms with van der Waals surface area (Å²) in [7, 11) is 0. The average molecular weight is 389 g/mol. The zero-order valence-electron chi connectivity index (χ0n) is 17.3. The molecule has 5 nitrogen and oxygen atoms in total. The van der Waals surface area contributed by atoms with E-state index in [2.05, 4.69) is 48.5 Å². The lowest BCUT2D eigenvalue weighted by Crippen LogP contribution is -2.12. The van der Waals surface area contributed by atoms with Crippen molar-refractivity contribution in [1.82, 2.24) is 4.98 Å². The summed E-state index contributed by atoms with van der Waals surface area (Å²) in [6.45, 7) is 9.10. The molecule has 5 heteroatoms. The van der Waals surface area contributed by atoms with Gasteiger partial charge in [-0.15, -0.1) is 0 Å². The van der Waals surface area contributed by atoms with Crippen LogP contribution in [0.25, 0.3) is 0 Å². The highest BCUT2D eigenvalue weighted by molar-refractivity contribution is 6.04. The molecular weight excluding hydrogens is 362 g/mol. The Morgan fingerprint density at radius 2 is 1.59 bits per heavy atom. The summed E-state index contributed by atoms with van der Waals surface area (Å²) in [4.78, 5) is 16.8. The van der Waals surface area contributed by atoms with Gasteiger partial charge in [-0.05, 0) is 60.4 Å². The van der Waals surface area contributed by atoms with E-state index in [9.17, 15) is 4.79 Å². The number of amides is 1. The van der Waals surface area contributed by atoms with Gasteiger partial charge < -0.3 is 15.4 Å². The van der Waals surface area contributed by atoms with Crippen LogP contribution < -0.4 is 15.4 Å². The van der Waals surface area contributed by atoms with Crippen LogP contribution in [-0.2, 0) is 5.41 Å². The third kappa shape index (κ3) is 5.57. The minimum absolute atomic E-state index is 0.110. The highest BCUT2D eigenvalue weighted by Crippen LogP contribution is 2.25. The van der Waals surface area contributed by atoms with E-state index in [4.69, 9.17) is 4.74 Å². The van der Waals surface area contributed by atoms with Crippen molar-refractivity contribution >= 4 is 23.0 Å². The lowest BCUT2D eigenvalue weighted by Gasteiger charge is -2.19. The second-order valence-corrected chi connectivity index (χ2v) is 7.83. The summed E-state index contributed by atoms with van der Waals surface area (Å²) >= 11 is 0. The Morgan fingerprint density at radius 1 is 0.931 bits per heavy atom. The van der Waals surface area contributed by atoms with Gasteiger partial charge in [-0.3, -0.25) is 9.78 Å². The maximum absolute atomic E-state index is 12.6. The Balaban J connectivity index is 1.67. The fourth-order valence-corrected chi connectivity index (χ4v) is 2.86. The van der Waals surface area contributed by atoms with Crippen molar-refractivity contribution in [2.45, 2.75) is 33.1 Å². The van der Waals surface area contributed by atoms with Crippen LogP contribution in [0.2, 0.25) is 0 Å². The van der Waals surface area contributed by atoms with Crippen molar-refractivity contribution < 1.29 is 9.53 Å². The molecule has 1 heterocycles. The Bertz CT molecular complexity index is 959. The summed E-state index contributed by atoms with van der Waals surface area (Å²) in [5, 5.41) is 6.18. The molecule has 0 saturated heterocycles. The lowest BCUT2D eigenvalue weighted by atomic mass is 9.87. The number of benzene rings is 2.